The van der Waals surface area contributed by atoms with E-state index in [0.29, 0.717) is 19.4 Å². The zero-order valence-corrected chi connectivity index (χ0v) is 13.3. The molecule has 1 aliphatic carbocycles. The zero-order valence-electron chi connectivity index (χ0n) is 13.3. The van der Waals surface area contributed by atoms with Crippen LogP contribution in [0.4, 0.5) is 13.6 Å². The van der Waals surface area contributed by atoms with Crippen molar-refractivity contribution in [2.75, 3.05) is 6.54 Å². The summed E-state index contributed by atoms with van der Waals surface area (Å²) in [5.41, 5.74) is -0.515. The molecule has 0 spiro atoms. The molecule has 2 rings (SSSR count). The van der Waals surface area contributed by atoms with Crippen LogP contribution in [0.3, 0.4) is 0 Å². The maximum absolute atomic E-state index is 13.3. The summed E-state index contributed by atoms with van der Waals surface area (Å²) in [5.74, 6) is -2.32. The Kier molecular flexibility index (Phi) is 4.79. The summed E-state index contributed by atoms with van der Waals surface area (Å²) in [4.78, 5) is 14.1. The van der Waals surface area contributed by atoms with Crippen LogP contribution in [0, 0.1) is 5.92 Å². The second kappa shape index (κ2) is 6.09. The molecule has 1 aliphatic heterocycles. The second-order valence-electron chi connectivity index (χ2n) is 7.43. The molecule has 0 N–H and O–H groups in total. The van der Waals surface area contributed by atoms with Crippen LogP contribution in [-0.4, -0.2) is 35.1 Å². The Morgan fingerprint density at radius 1 is 1.14 bits per heavy atom. The largest absolute Gasteiger partial charge is 0.444 e. The van der Waals surface area contributed by atoms with E-state index in [4.69, 9.17) is 4.74 Å². The van der Waals surface area contributed by atoms with Gasteiger partial charge in [-0.2, -0.15) is 0 Å². The highest BCUT2D eigenvalue weighted by Crippen LogP contribution is 2.40. The number of amides is 1. The Morgan fingerprint density at radius 2 is 1.76 bits per heavy atom. The summed E-state index contributed by atoms with van der Waals surface area (Å²) < 4.78 is 32.1. The highest BCUT2D eigenvalue weighted by molar-refractivity contribution is 5.68. The molecular weight excluding hydrogens is 276 g/mol. The lowest BCUT2D eigenvalue weighted by Crippen LogP contribution is -2.50. The molecule has 0 radical (unpaired) electrons. The number of hydrogen-bond acceptors (Lipinski definition) is 2. The van der Waals surface area contributed by atoms with Gasteiger partial charge in [0.1, 0.15) is 5.60 Å². The molecule has 1 amide bonds. The monoisotopic (exact) mass is 303 g/mol. The standard InChI is InChI=1S/C16H27F2NO2/c1-15(2,3)21-14(20)19-11-5-4-6-13(19)12-7-9-16(17,18)10-8-12/h12-13H,4-11H2,1-3H3. The molecule has 0 aromatic rings. The van der Waals surface area contributed by atoms with Gasteiger partial charge in [-0.25, -0.2) is 13.6 Å². The van der Waals surface area contributed by atoms with Crippen LogP contribution in [0.1, 0.15) is 65.7 Å². The molecule has 0 aromatic heterocycles. The first-order valence-corrected chi connectivity index (χ1v) is 8.05. The minimum Gasteiger partial charge on any atom is -0.444 e. The first kappa shape index (κ1) is 16.5. The van der Waals surface area contributed by atoms with Gasteiger partial charge in [-0.05, 0) is 58.8 Å². The molecule has 0 bridgehead atoms. The zero-order chi connectivity index (χ0) is 15.7. The Labute approximate surface area is 126 Å². The van der Waals surface area contributed by atoms with Crippen LogP contribution in [0.5, 0.6) is 0 Å². The van der Waals surface area contributed by atoms with Crippen molar-refractivity contribution < 1.29 is 18.3 Å². The van der Waals surface area contributed by atoms with Gasteiger partial charge in [0.25, 0.3) is 0 Å². The Morgan fingerprint density at radius 3 is 2.33 bits per heavy atom. The minimum absolute atomic E-state index is 0.0453. The van der Waals surface area contributed by atoms with E-state index in [1.165, 1.54) is 0 Å². The van der Waals surface area contributed by atoms with E-state index in [0.717, 1.165) is 19.3 Å². The number of halogens is 2. The van der Waals surface area contributed by atoms with Crippen LogP contribution < -0.4 is 0 Å². The van der Waals surface area contributed by atoms with Gasteiger partial charge in [-0.1, -0.05) is 0 Å². The predicted octanol–water partition coefficient (Wildman–Crippen LogP) is 4.60. The predicted molar refractivity (Wildman–Crippen MR) is 77.5 cm³/mol. The van der Waals surface area contributed by atoms with Gasteiger partial charge in [-0.15, -0.1) is 0 Å². The first-order valence-electron chi connectivity index (χ1n) is 8.05. The van der Waals surface area contributed by atoms with Gasteiger partial charge in [0.15, 0.2) is 0 Å². The molecule has 5 heteroatoms. The fraction of sp³-hybridized carbons (Fsp3) is 0.938. The van der Waals surface area contributed by atoms with Crippen molar-refractivity contribution in [2.24, 2.45) is 5.92 Å². The number of hydrogen-bond donors (Lipinski definition) is 0. The number of rotatable bonds is 1. The summed E-state index contributed by atoms with van der Waals surface area (Å²) >= 11 is 0. The Bertz CT molecular complexity index is 369. The fourth-order valence-electron chi connectivity index (χ4n) is 3.44. The lowest BCUT2D eigenvalue weighted by atomic mass is 9.78. The molecule has 21 heavy (non-hydrogen) atoms. The van der Waals surface area contributed by atoms with Gasteiger partial charge in [-0.3, -0.25) is 0 Å². The molecule has 1 unspecified atom stereocenters. The lowest BCUT2D eigenvalue weighted by Gasteiger charge is -2.43. The molecule has 2 fully saturated rings. The molecule has 0 aromatic carbocycles. The van der Waals surface area contributed by atoms with E-state index in [2.05, 4.69) is 0 Å². The number of nitrogens with zero attached hydrogens (tertiary/aromatic N) is 1. The van der Waals surface area contributed by atoms with Crippen molar-refractivity contribution in [2.45, 2.75) is 83.3 Å². The second-order valence-corrected chi connectivity index (χ2v) is 7.43. The van der Waals surface area contributed by atoms with Crippen LogP contribution in [-0.2, 0) is 4.74 Å². The number of ether oxygens (including phenoxy) is 1. The molecule has 1 saturated heterocycles. The van der Waals surface area contributed by atoms with E-state index >= 15 is 0 Å². The number of carbonyl (C=O) groups excluding carboxylic acids is 1. The highest BCUT2D eigenvalue weighted by Gasteiger charge is 2.41. The van der Waals surface area contributed by atoms with E-state index < -0.39 is 11.5 Å². The molecule has 1 heterocycles. The maximum Gasteiger partial charge on any atom is 0.410 e. The molecule has 2 aliphatic rings. The maximum atomic E-state index is 13.3. The molecular formula is C16H27F2NO2. The van der Waals surface area contributed by atoms with Crippen molar-refractivity contribution >= 4 is 6.09 Å². The van der Waals surface area contributed by atoms with Crippen molar-refractivity contribution in [1.82, 2.24) is 4.90 Å². The quantitative estimate of drug-likeness (QED) is 0.708. The van der Waals surface area contributed by atoms with Crippen LogP contribution in [0.15, 0.2) is 0 Å². The van der Waals surface area contributed by atoms with Crippen LogP contribution >= 0.6 is 0 Å². The van der Waals surface area contributed by atoms with E-state index in [1.807, 2.05) is 20.8 Å². The first-order chi connectivity index (χ1) is 9.68. The van der Waals surface area contributed by atoms with Crippen molar-refractivity contribution in [3.63, 3.8) is 0 Å². The Balaban J connectivity index is 2.00. The summed E-state index contributed by atoms with van der Waals surface area (Å²) in [7, 11) is 0. The average Bonchev–Trinajstić information content (AvgIpc) is 2.37. The summed E-state index contributed by atoms with van der Waals surface area (Å²) in [6, 6.07) is 0.0738. The minimum atomic E-state index is -2.51. The molecule has 122 valence electrons. The highest BCUT2D eigenvalue weighted by atomic mass is 19.3. The lowest BCUT2D eigenvalue weighted by molar-refractivity contribution is -0.0610. The van der Waals surface area contributed by atoms with Gasteiger partial charge < -0.3 is 9.64 Å². The summed E-state index contributed by atoms with van der Waals surface area (Å²) in [6.07, 6.45) is 3.59. The molecule has 1 atom stereocenters. The van der Waals surface area contributed by atoms with E-state index in [1.54, 1.807) is 4.90 Å². The van der Waals surface area contributed by atoms with Crippen molar-refractivity contribution in [1.29, 1.82) is 0 Å². The number of alkyl halides is 2. The van der Waals surface area contributed by atoms with Crippen molar-refractivity contribution in [3.8, 4) is 0 Å². The third kappa shape index (κ3) is 4.55. The average molecular weight is 303 g/mol. The number of likely N-dealkylation sites (tertiary alicyclic amines) is 1. The third-order valence-corrected chi connectivity index (χ3v) is 4.48. The third-order valence-electron chi connectivity index (χ3n) is 4.48. The fourth-order valence-corrected chi connectivity index (χ4v) is 3.44. The topological polar surface area (TPSA) is 29.5 Å². The number of piperidine rings is 1. The van der Waals surface area contributed by atoms with Gasteiger partial charge >= 0.3 is 6.09 Å². The summed E-state index contributed by atoms with van der Waals surface area (Å²) in [5, 5.41) is 0. The van der Waals surface area contributed by atoms with Crippen LogP contribution in [0.2, 0.25) is 0 Å². The van der Waals surface area contributed by atoms with E-state index in [9.17, 15) is 13.6 Å². The summed E-state index contributed by atoms with van der Waals surface area (Å²) in [6.45, 7) is 6.24. The van der Waals surface area contributed by atoms with Crippen molar-refractivity contribution in [3.05, 3.63) is 0 Å². The van der Waals surface area contributed by atoms with Gasteiger partial charge in [0.05, 0.1) is 0 Å². The van der Waals surface area contributed by atoms with Gasteiger partial charge in [0, 0.05) is 25.4 Å². The van der Waals surface area contributed by atoms with E-state index in [-0.39, 0.29) is 30.9 Å². The molecule has 1 saturated carbocycles. The molecule has 3 nitrogen and oxygen atoms in total. The Hall–Kier alpha value is -0.870. The normalized spacial score (nSPS) is 27.5. The SMILES string of the molecule is CC(C)(C)OC(=O)N1CCCCC1C1CCC(F)(F)CC1. The van der Waals surface area contributed by atoms with Crippen LogP contribution in [0.25, 0.3) is 0 Å². The number of carbonyl (C=O) groups is 1. The smallest absolute Gasteiger partial charge is 0.410 e. The van der Waals surface area contributed by atoms with Gasteiger partial charge in [0.2, 0.25) is 5.92 Å².